The van der Waals surface area contributed by atoms with E-state index >= 15 is 0 Å². The van der Waals surface area contributed by atoms with E-state index in [1.807, 2.05) is 36.4 Å². The van der Waals surface area contributed by atoms with Crippen molar-refractivity contribution in [2.24, 2.45) is 11.8 Å². The Morgan fingerprint density at radius 1 is 0.953 bits per heavy atom. The van der Waals surface area contributed by atoms with Crippen molar-refractivity contribution in [2.45, 2.75) is 37.3 Å². The highest BCUT2D eigenvalue weighted by atomic mass is 19.4. The van der Waals surface area contributed by atoms with Crippen LogP contribution in [0.25, 0.3) is 10.9 Å². The number of para-hydroxylation sites is 1. The highest BCUT2D eigenvalue weighted by molar-refractivity contribution is 5.84. The molecule has 0 amide bonds. The van der Waals surface area contributed by atoms with E-state index < -0.39 is 46.1 Å². The Morgan fingerprint density at radius 3 is 2.26 bits per heavy atom. The number of rotatable bonds is 7. The zero-order valence-electron chi connectivity index (χ0n) is 22.6. The van der Waals surface area contributed by atoms with Crippen molar-refractivity contribution in [1.29, 1.82) is 0 Å². The molecule has 3 aliphatic rings. The predicted octanol–water partition coefficient (Wildman–Crippen LogP) is 6.66. The van der Waals surface area contributed by atoms with Crippen molar-refractivity contribution >= 4 is 28.0 Å². The number of hydrogen-bond acceptors (Lipinski definition) is 6. The summed E-state index contributed by atoms with van der Waals surface area (Å²) in [6.45, 7) is 5.52. The number of pyridine rings is 1. The molecule has 1 aromatic heterocycles. The van der Waals surface area contributed by atoms with Crippen LogP contribution in [-0.2, 0) is 12.4 Å². The molecule has 6 nitrogen and oxygen atoms in total. The average molecular weight is 601 g/mol. The quantitative estimate of drug-likeness (QED) is 0.140. The van der Waals surface area contributed by atoms with E-state index in [9.17, 15) is 35.9 Å². The maximum atomic E-state index is 13.4. The molecule has 0 radical (unpaired) electrons. The molecule has 12 heteroatoms. The number of aromatic nitrogens is 1. The summed E-state index contributed by atoms with van der Waals surface area (Å²) in [6, 6.07) is 9.52. The van der Waals surface area contributed by atoms with Crippen molar-refractivity contribution in [2.75, 3.05) is 23.7 Å². The largest absolute Gasteiger partial charge is 0.416 e. The van der Waals surface area contributed by atoms with Crippen LogP contribution in [0.1, 0.15) is 35.6 Å². The predicted molar refractivity (Wildman–Crippen MR) is 151 cm³/mol. The molecular formula is C31H26F6N4O2. The summed E-state index contributed by atoms with van der Waals surface area (Å²) < 4.78 is 80.7. The number of nitrogens with zero attached hydrogens (tertiary/aromatic N) is 2. The third kappa shape index (κ3) is 5.28. The van der Waals surface area contributed by atoms with Gasteiger partial charge in [-0.25, -0.2) is 0 Å². The summed E-state index contributed by atoms with van der Waals surface area (Å²) in [4.78, 5) is 32.3. The maximum absolute atomic E-state index is 13.4. The van der Waals surface area contributed by atoms with Crippen molar-refractivity contribution in [3.8, 4) is 0 Å². The molecule has 0 aliphatic carbocycles. The highest BCUT2D eigenvalue weighted by Gasteiger charge is 2.44. The number of nitrogens with one attached hydrogen (secondary N) is 2. The van der Waals surface area contributed by atoms with Crippen molar-refractivity contribution in [3.63, 3.8) is 0 Å². The van der Waals surface area contributed by atoms with Gasteiger partial charge in [0.1, 0.15) is 11.4 Å². The van der Waals surface area contributed by atoms with Gasteiger partial charge in [-0.3, -0.25) is 19.5 Å². The van der Waals surface area contributed by atoms with Gasteiger partial charge >= 0.3 is 12.4 Å². The van der Waals surface area contributed by atoms with Crippen LogP contribution in [0.2, 0.25) is 0 Å². The summed E-state index contributed by atoms with van der Waals surface area (Å²) in [5, 5.41) is 6.40. The number of halogens is 6. The van der Waals surface area contributed by atoms with Gasteiger partial charge in [-0.05, 0) is 67.1 Å². The molecule has 3 fully saturated rings. The van der Waals surface area contributed by atoms with E-state index in [4.69, 9.17) is 0 Å². The van der Waals surface area contributed by atoms with Crippen LogP contribution in [-0.4, -0.2) is 29.0 Å². The van der Waals surface area contributed by atoms with E-state index in [1.165, 1.54) is 0 Å². The Labute approximate surface area is 241 Å². The molecule has 2 N–H and O–H groups in total. The van der Waals surface area contributed by atoms with Gasteiger partial charge in [-0.2, -0.15) is 26.3 Å². The lowest BCUT2D eigenvalue weighted by Gasteiger charge is -2.52. The second-order valence-electron chi connectivity index (χ2n) is 11.1. The molecular weight excluding hydrogens is 574 g/mol. The number of benzene rings is 2. The third-order valence-corrected chi connectivity index (χ3v) is 8.62. The van der Waals surface area contributed by atoms with Crippen LogP contribution in [0.4, 0.5) is 43.4 Å². The first kappa shape index (κ1) is 28.9. The molecule has 3 aromatic carbocycles. The maximum Gasteiger partial charge on any atom is 0.416 e. The Bertz CT molecular complexity index is 1740. The smallest absolute Gasteiger partial charge is 0.372 e. The standard InChI is InChI=1S/C31H26F6N4O2/c1-2-16-15-41-10-8-17(16)11-24(41)25(22-7-9-38-23-6-4-3-5-21(22)23)40-27-26(28(42)29(27)43)39-20-13-18(30(32,33)34)12-19(14-20)31(35,36)37/h2-7,9,12-14,16-17,24-25,39-40H,1,8,10-11,15H2/t16-,17-,24+,25-/m0/s1. The van der Waals surface area contributed by atoms with E-state index in [-0.39, 0.29) is 23.5 Å². The van der Waals surface area contributed by atoms with Gasteiger partial charge in [0.2, 0.25) is 0 Å². The number of hydrogen-bond donors (Lipinski definition) is 2. The van der Waals surface area contributed by atoms with Crippen LogP contribution in [0.5, 0.6) is 0 Å². The molecule has 4 heterocycles. The Hall–Kier alpha value is -4.19. The van der Waals surface area contributed by atoms with Crippen LogP contribution < -0.4 is 21.5 Å². The second-order valence-corrected chi connectivity index (χ2v) is 11.1. The molecule has 3 aliphatic heterocycles. The molecule has 2 bridgehead atoms. The minimum atomic E-state index is -5.07. The van der Waals surface area contributed by atoms with Crippen LogP contribution in [0, 0.1) is 11.8 Å². The van der Waals surface area contributed by atoms with Crippen molar-refractivity contribution < 1.29 is 26.3 Å². The SMILES string of the molecule is C=C[C@H]1CN2CC[C@H]1C[C@@H]2[C@@H](Nc1c(Nc2cc(C(F)(F)F)cc(C(F)(F)F)c2)c(=O)c1=O)c1ccnc2ccccc12. The summed E-state index contributed by atoms with van der Waals surface area (Å²) >= 11 is 0. The van der Waals surface area contributed by atoms with Gasteiger partial charge in [-0.1, -0.05) is 24.3 Å². The second kappa shape index (κ2) is 10.5. The number of alkyl halides is 6. The summed E-state index contributed by atoms with van der Waals surface area (Å²) in [6.07, 6.45) is -4.83. The fraction of sp³-hybridized carbons (Fsp3) is 0.323. The first-order chi connectivity index (χ1) is 20.3. The molecule has 0 saturated carbocycles. The van der Waals surface area contributed by atoms with Crippen LogP contribution in [0.15, 0.2) is 77.0 Å². The monoisotopic (exact) mass is 600 g/mol. The highest BCUT2D eigenvalue weighted by Crippen LogP contribution is 2.44. The summed E-state index contributed by atoms with van der Waals surface area (Å²) in [7, 11) is 0. The molecule has 7 rings (SSSR count). The zero-order valence-corrected chi connectivity index (χ0v) is 22.6. The molecule has 3 saturated heterocycles. The fourth-order valence-corrected chi connectivity index (χ4v) is 6.47. The number of piperidine rings is 3. The Balaban J connectivity index is 1.41. The molecule has 4 aromatic rings. The van der Waals surface area contributed by atoms with Crippen molar-refractivity contribution in [3.05, 3.63) is 105 Å². The van der Waals surface area contributed by atoms with Gasteiger partial charge < -0.3 is 10.6 Å². The normalized spacial score (nSPS) is 22.9. The van der Waals surface area contributed by atoms with E-state index in [0.717, 1.165) is 36.9 Å². The molecule has 1 unspecified atom stereocenters. The fourth-order valence-electron chi connectivity index (χ4n) is 6.47. The molecule has 5 atom stereocenters. The van der Waals surface area contributed by atoms with E-state index in [1.54, 1.807) is 6.20 Å². The average Bonchev–Trinajstić information content (AvgIpc) is 2.99. The molecule has 224 valence electrons. The lowest BCUT2D eigenvalue weighted by Crippen LogP contribution is -2.56. The molecule has 43 heavy (non-hydrogen) atoms. The Kier molecular flexibility index (Phi) is 7.07. The Morgan fingerprint density at radius 2 is 1.63 bits per heavy atom. The number of anilines is 3. The molecule has 0 spiro atoms. The van der Waals surface area contributed by atoms with Gasteiger partial charge in [0.25, 0.3) is 10.9 Å². The third-order valence-electron chi connectivity index (χ3n) is 8.62. The lowest BCUT2D eigenvalue weighted by molar-refractivity contribution is -0.143. The van der Waals surface area contributed by atoms with Crippen LogP contribution in [0.3, 0.4) is 0 Å². The first-order valence-corrected chi connectivity index (χ1v) is 13.7. The minimum absolute atomic E-state index is 0.000122. The van der Waals surface area contributed by atoms with Crippen molar-refractivity contribution in [1.82, 2.24) is 9.88 Å². The van der Waals surface area contributed by atoms with E-state index in [2.05, 4.69) is 27.1 Å². The van der Waals surface area contributed by atoms with Gasteiger partial charge in [0.15, 0.2) is 0 Å². The van der Waals surface area contributed by atoms with Crippen LogP contribution >= 0.6 is 0 Å². The minimum Gasteiger partial charge on any atom is -0.372 e. The van der Waals surface area contributed by atoms with E-state index in [0.29, 0.717) is 29.5 Å². The van der Waals surface area contributed by atoms with Gasteiger partial charge in [0.05, 0.1) is 22.7 Å². The first-order valence-electron chi connectivity index (χ1n) is 13.7. The number of fused-ring (bicyclic) bond motifs is 4. The van der Waals surface area contributed by atoms with Gasteiger partial charge in [0, 0.05) is 29.9 Å². The van der Waals surface area contributed by atoms with Gasteiger partial charge in [-0.15, -0.1) is 6.58 Å². The summed E-state index contributed by atoms with van der Waals surface area (Å²) in [5.41, 5.74) is -4.71. The topological polar surface area (TPSA) is 74.3 Å². The zero-order chi connectivity index (χ0) is 30.7. The lowest BCUT2D eigenvalue weighted by atomic mass is 9.73. The summed E-state index contributed by atoms with van der Waals surface area (Å²) in [5.74, 6) is 0.646.